The van der Waals surface area contributed by atoms with Crippen molar-refractivity contribution in [2.45, 2.75) is 45.7 Å². The van der Waals surface area contributed by atoms with Crippen LogP contribution in [0, 0.1) is 5.41 Å². The van der Waals surface area contributed by atoms with Crippen LogP contribution in [0.2, 0.25) is 0 Å². The van der Waals surface area contributed by atoms with Crippen molar-refractivity contribution in [3.63, 3.8) is 0 Å². The maximum atomic E-state index is 11.7. The molecule has 0 bridgehead atoms. The Morgan fingerprint density at radius 2 is 2.00 bits per heavy atom. The summed E-state index contributed by atoms with van der Waals surface area (Å²) in [5.74, 6) is 0.685. The van der Waals surface area contributed by atoms with Gasteiger partial charge in [-0.2, -0.15) is 0 Å². The van der Waals surface area contributed by atoms with Crippen molar-refractivity contribution >= 4 is 9.84 Å². The van der Waals surface area contributed by atoms with Gasteiger partial charge in [0, 0.05) is 31.2 Å². The van der Waals surface area contributed by atoms with E-state index in [0.717, 1.165) is 26.1 Å². The van der Waals surface area contributed by atoms with E-state index in [1.807, 2.05) is 0 Å². The lowest BCUT2D eigenvalue weighted by Crippen LogP contribution is -2.62. The van der Waals surface area contributed by atoms with Crippen LogP contribution < -0.4 is 5.32 Å². The molecular formula is C13H26N2O2S. The van der Waals surface area contributed by atoms with Gasteiger partial charge in [-0.3, -0.25) is 4.90 Å². The third kappa shape index (κ3) is 2.89. The second kappa shape index (κ2) is 4.46. The van der Waals surface area contributed by atoms with Crippen LogP contribution in [0.3, 0.4) is 0 Å². The zero-order chi connectivity index (χ0) is 13.6. The Bertz CT molecular complexity index is 413. The van der Waals surface area contributed by atoms with Crippen molar-refractivity contribution in [1.29, 1.82) is 0 Å². The van der Waals surface area contributed by atoms with E-state index in [-0.39, 0.29) is 11.0 Å². The second-order valence-electron chi connectivity index (χ2n) is 7.16. The van der Waals surface area contributed by atoms with E-state index in [2.05, 4.69) is 37.9 Å². The lowest BCUT2D eigenvalue weighted by Gasteiger charge is -2.46. The largest absolute Gasteiger partial charge is 0.311 e. The first-order valence-corrected chi connectivity index (χ1v) is 8.63. The molecule has 4 nitrogen and oxygen atoms in total. The van der Waals surface area contributed by atoms with Crippen LogP contribution in [-0.4, -0.2) is 56.0 Å². The van der Waals surface area contributed by atoms with Crippen LogP contribution in [0.5, 0.6) is 0 Å². The van der Waals surface area contributed by atoms with Gasteiger partial charge >= 0.3 is 0 Å². The Hall–Kier alpha value is -0.130. The van der Waals surface area contributed by atoms with Gasteiger partial charge in [-0.05, 0) is 18.8 Å². The molecule has 2 atom stereocenters. The molecule has 2 rings (SSSR count). The molecule has 0 aromatic carbocycles. The van der Waals surface area contributed by atoms with Crippen molar-refractivity contribution in [2.24, 2.45) is 5.41 Å². The highest BCUT2D eigenvalue weighted by Crippen LogP contribution is 2.32. The molecule has 2 aliphatic rings. The standard InChI is InChI=1S/C13H26N2O2S/c1-12(2,3)11-9-15(7-6-14-11)13(4)5-8-18(16,17)10-13/h11,14H,5-10H2,1-4H3. The molecule has 2 saturated heterocycles. The van der Waals surface area contributed by atoms with Gasteiger partial charge in [0.1, 0.15) is 0 Å². The number of nitrogens with one attached hydrogen (secondary N) is 1. The molecule has 0 aliphatic carbocycles. The Kier molecular flexibility index (Phi) is 3.54. The van der Waals surface area contributed by atoms with E-state index in [4.69, 9.17) is 0 Å². The first-order valence-electron chi connectivity index (χ1n) is 6.81. The van der Waals surface area contributed by atoms with E-state index >= 15 is 0 Å². The van der Waals surface area contributed by atoms with Gasteiger partial charge in [-0.1, -0.05) is 20.8 Å². The number of piperazine rings is 1. The minimum atomic E-state index is -2.82. The zero-order valence-electron chi connectivity index (χ0n) is 12.0. The first kappa shape index (κ1) is 14.3. The van der Waals surface area contributed by atoms with Crippen LogP contribution in [-0.2, 0) is 9.84 Å². The summed E-state index contributed by atoms with van der Waals surface area (Å²) >= 11 is 0. The van der Waals surface area contributed by atoms with E-state index in [1.54, 1.807) is 0 Å². The highest BCUT2D eigenvalue weighted by Gasteiger charge is 2.45. The summed E-state index contributed by atoms with van der Waals surface area (Å²) < 4.78 is 23.4. The molecule has 0 aromatic heterocycles. The van der Waals surface area contributed by atoms with Crippen molar-refractivity contribution in [1.82, 2.24) is 10.2 Å². The third-order valence-electron chi connectivity index (χ3n) is 4.47. The average Bonchev–Trinajstić information content (AvgIpc) is 2.53. The lowest BCUT2D eigenvalue weighted by molar-refractivity contribution is 0.0573. The van der Waals surface area contributed by atoms with Gasteiger partial charge in [-0.25, -0.2) is 8.42 Å². The monoisotopic (exact) mass is 274 g/mol. The zero-order valence-corrected chi connectivity index (χ0v) is 12.8. The highest BCUT2D eigenvalue weighted by atomic mass is 32.2. The summed E-state index contributed by atoms with van der Waals surface area (Å²) in [6.45, 7) is 11.7. The summed E-state index contributed by atoms with van der Waals surface area (Å²) in [5.41, 5.74) is 0.0664. The van der Waals surface area contributed by atoms with Gasteiger partial charge < -0.3 is 5.32 Å². The maximum absolute atomic E-state index is 11.7. The molecule has 0 spiro atoms. The normalized spacial score (nSPS) is 37.9. The lowest BCUT2D eigenvalue weighted by atomic mass is 9.84. The third-order valence-corrected chi connectivity index (χ3v) is 6.35. The van der Waals surface area contributed by atoms with E-state index < -0.39 is 9.84 Å². The number of sulfone groups is 1. The Labute approximate surface area is 111 Å². The van der Waals surface area contributed by atoms with Gasteiger partial charge in [-0.15, -0.1) is 0 Å². The van der Waals surface area contributed by atoms with Gasteiger partial charge in [0.25, 0.3) is 0 Å². The fraction of sp³-hybridized carbons (Fsp3) is 1.00. The minimum Gasteiger partial charge on any atom is -0.311 e. The van der Waals surface area contributed by atoms with Crippen LogP contribution in [0.1, 0.15) is 34.1 Å². The number of rotatable bonds is 1. The molecule has 18 heavy (non-hydrogen) atoms. The van der Waals surface area contributed by atoms with Crippen LogP contribution in [0.15, 0.2) is 0 Å². The molecule has 0 saturated carbocycles. The van der Waals surface area contributed by atoms with Crippen LogP contribution in [0.25, 0.3) is 0 Å². The molecule has 1 N–H and O–H groups in total. The summed E-state index contributed by atoms with van der Waals surface area (Å²) in [6, 6.07) is 0.436. The van der Waals surface area contributed by atoms with E-state index in [9.17, 15) is 8.42 Å². The summed E-state index contributed by atoms with van der Waals surface area (Å²) in [6.07, 6.45) is 0.784. The minimum absolute atomic E-state index is 0.148. The van der Waals surface area contributed by atoms with Crippen molar-refractivity contribution in [3.05, 3.63) is 0 Å². The topological polar surface area (TPSA) is 49.4 Å². The summed E-state index contributed by atoms with van der Waals surface area (Å²) in [4.78, 5) is 2.39. The molecular weight excluding hydrogens is 248 g/mol. The van der Waals surface area contributed by atoms with Crippen molar-refractivity contribution in [2.75, 3.05) is 31.1 Å². The summed E-state index contributed by atoms with van der Waals surface area (Å²) in [5, 5.41) is 3.56. The predicted molar refractivity (Wildman–Crippen MR) is 74.5 cm³/mol. The highest BCUT2D eigenvalue weighted by molar-refractivity contribution is 7.91. The molecule has 0 amide bonds. The SMILES string of the molecule is CC(C)(C)C1CN(C2(C)CCS(=O)(=O)C2)CCN1. The van der Waals surface area contributed by atoms with Gasteiger partial charge in [0.05, 0.1) is 11.5 Å². The maximum Gasteiger partial charge on any atom is 0.152 e. The number of hydrogen-bond acceptors (Lipinski definition) is 4. The second-order valence-corrected chi connectivity index (χ2v) is 9.34. The molecule has 0 aromatic rings. The molecule has 2 unspecified atom stereocenters. The van der Waals surface area contributed by atoms with Crippen molar-refractivity contribution in [3.8, 4) is 0 Å². The van der Waals surface area contributed by atoms with Gasteiger partial charge in [0.15, 0.2) is 9.84 Å². The fourth-order valence-electron chi connectivity index (χ4n) is 3.06. The quantitative estimate of drug-likeness (QED) is 0.771. The van der Waals surface area contributed by atoms with Crippen molar-refractivity contribution < 1.29 is 8.42 Å². The first-order chi connectivity index (χ1) is 8.12. The molecule has 106 valence electrons. The van der Waals surface area contributed by atoms with Gasteiger partial charge in [0.2, 0.25) is 0 Å². The Balaban J connectivity index is 2.10. The smallest absolute Gasteiger partial charge is 0.152 e. The molecule has 2 aliphatic heterocycles. The average molecular weight is 274 g/mol. The van der Waals surface area contributed by atoms with E-state index in [0.29, 0.717) is 17.5 Å². The Morgan fingerprint density at radius 1 is 1.33 bits per heavy atom. The molecule has 5 heteroatoms. The fourth-order valence-corrected chi connectivity index (χ4v) is 5.23. The molecule has 0 radical (unpaired) electrons. The van der Waals surface area contributed by atoms with E-state index in [1.165, 1.54) is 0 Å². The van der Waals surface area contributed by atoms with Crippen LogP contribution in [0.4, 0.5) is 0 Å². The molecule has 2 fully saturated rings. The molecule has 2 heterocycles. The Morgan fingerprint density at radius 3 is 2.50 bits per heavy atom. The van der Waals surface area contributed by atoms with Crippen LogP contribution >= 0.6 is 0 Å². The summed E-state index contributed by atoms with van der Waals surface area (Å²) in [7, 11) is -2.82. The number of nitrogens with zero attached hydrogens (tertiary/aromatic N) is 1. The number of hydrogen-bond donors (Lipinski definition) is 1. The predicted octanol–water partition coefficient (Wildman–Crippen LogP) is 0.884.